The van der Waals surface area contributed by atoms with Gasteiger partial charge in [0.15, 0.2) is 0 Å². The monoisotopic (exact) mass is 308 g/mol. The molecule has 0 heterocycles. The summed E-state index contributed by atoms with van der Waals surface area (Å²) >= 11 is 0. The maximum absolute atomic E-state index is 12.1. The summed E-state index contributed by atoms with van der Waals surface area (Å²) in [5.74, 6) is -0.772. The van der Waals surface area contributed by atoms with Crippen LogP contribution in [0.15, 0.2) is 23.1 Å². The first-order valence-electron chi connectivity index (χ1n) is 5.61. The Morgan fingerprint density at radius 2 is 2.10 bits per heavy atom. The molecule has 0 fully saturated rings. The largest absolute Gasteiger partial charge is 0.493 e. The summed E-state index contributed by atoms with van der Waals surface area (Å²) in [5, 5.41) is 6.92. The summed E-state index contributed by atoms with van der Waals surface area (Å²) in [7, 11) is -4.01. The Bertz CT molecular complexity index is 590. The lowest BCUT2D eigenvalue weighted by molar-refractivity contribution is 0.0888. The van der Waals surface area contributed by atoms with Gasteiger partial charge in [0.2, 0.25) is 10.0 Å². The van der Waals surface area contributed by atoms with Gasteiger partial charge in [0, 0.05) is 0 Å². The van der Waals surface area contributed by atoms with Gasteiger partial charge in [-0.3, -0.25) is 4.79 Å². The van der Waals surface area contributed by atoms with E-state index in [1.807, 2.05) is 5.32 Å². The van der Waals surface area contributed by atoms with Gasteiger partial charge in [-0.1, -0.05) is 0 Å². The van der Waals surface area contributed by atoms with Crippen molar-refractivity contribution in [3.8, 4) is 5.75 Å². The van der Waals surface area contributed by atoms with E-state index in [0.717, 1.165) is 6.07 Å². The van der Waals surface area contributed by atoms with Crippen LogP contribution >= 0.6 is 0 Å². The number of rotatable bonds is 6. The summed E-state index contributed by atoms with van der Waals surface area (Å²) in [6.45, 7) is 1.04. The summed E-state index contributed by atoms with van der Waals surface area (Å²) in [6.07, 6.45) is -2.71. The summed E-state index contributed by atoms with van der Waals surface area (Å²) in [5.41, 5.74) is -0.168. The summed E-state index contributed by atoms with van der Waals surface area (Å²) in [4.78, 5) is 11.5. The third kappa shape index (κ3) is 4.42. The van der Waals surface area contributed by atoms with Crippen LogP contribution in [0.25, 0.3) is 0 Å². The van der Waals surface area contributed by atoms with Gasteiger partial charge in [-0.15, -0.1) is 0 Å². The number of alkyl halides is 2. The van der Waals surface area contributed by atoms with Crippen molar-refractivity contribution in [1.82, 2.24) is 5.32 Å². The quantitative estimate of drug-likeness (QED) is 0.809. The fourth-order valence-corrected chi connectivity index (χ4v) is 1.95. The Kier molecular flexibility index (Phi) is 5.40. The Labute approximate surface area is 115 Å². The molecule has 1 aromatic carbocycles. The molecule has 3 N–H and O–H groups in total. The first kappa shape index (κ1) is 16.3. The third-order valence-corrected chi connectivity index (χ3v) is 3.15. The zero-order valence-electron chi connectivity index (χ0n) is 10.6. The second-order valence-corrected chi connectivity index (χ2v) is 5.30. The number of hydrogen-bond acceptors (Lipinski definition) is 4. The van der Waals surface area contributed by atoms with Crippen molar-refractivity contribution in [2.75, 3.05) is 13.2 Å². The lowest BCUT2D eigenvalue weighted by Gasteiger charge is -2.11. The summed E-state index contributed by atoms with van der Waals surface area (Å²) < 4.78 is 51.7. The minimum atomic E-state index is -4.01. The van der Waals surface area contributed by atoms with Crippen LogP contribution in [0.2, 0.25) is 0 Å². The van der Waals surface area contributed by atoms with Crippen LogP contribution in [0.4, 0.5) is 8.78 Å². The number of amides is 1. The minimum Gasteiger partial charge on any atom is -0.493 e. The number of ether oxygens (including phenoxy) is 1. The zero-order chi connectivity index (χ0) is 15.3. The average molecular weight is 308 g/mol. The molecule has 112 valence electrons. The van der Waals surface area contributed by atoms with E-state index in [0.29, 0.717) is 0 Å². The van der Waals surface area contributed by atoms with Crippen molar-refractivity contribution >= 4 is 15.9 Å². The Hall–Kier alpha value is -1.74. The molecule has 0 aliphatic carbocycles. The van der Waals surface area contributed by atoms with Crippen LogP contribution in [0, 0.1) is 0 Å². The van der Waals surface area contributed by atoms with Gasteiger partial charge in [0.25, 0.3) is 12.3 Å². The number of benzene rings is 1. The molecule has 0 bridgehead atoms. The van der Waals surface area contributed by atoms with Gasteiger partial charge in [0.1, 0.15) is 5.75 Å². The van der Waals surface area contributed by atoms with Crippen molar-refractivity contribution in [2.24, 2.45) is 5.14 Å². The van der Waals surface area contributed by atoms with Crippen molar-refractivity contribution in [3.05, 3.63) is 23.8 Å². The van der Waals surface area contributed by atoms with E-state index in [4.69, 9.17) is 9.88 Å². The highest BCUT2D eigenvalue weighted by molar-refractivity contribution is 7.89. The average Bonchev–Trinajstić information content (AvgIpc) is 2.35. The number of carbonyl (C=O) groups excluding carboxylic acids is 1. The van der Waals surface area contributed by atoms with Crippen LogP contribution in [0.3, 0.4) is 0 Å². The van der Waals surface area contributed by atoms with Gasteiger partial charge in [-0.2, -0.15) is 0 Å². The van der Waals surface area contributed by atoms with Gasteiger partial charge < -0.3 is 10.1 Å². The topological polar surface area (TPSA) is 98.5 Å². The molecule has 1 aromatic rings. The lowest BCUT2D eigenvalue weighted by atomic mass is 10.2. The Morgan fingerprint density at radius 1 is 1.45 bits per heavy atom. The van der Waals surface area contributed by atoms with E-state index in [1.54, 1.807) is 6.92 Å². The summed E-state index contributed by atoms with van der Waals surface area (Å²) in [6, 6.07) is 3.41. The minimum absolute atomic E-state index is 0.0895. The predicted molar refractivity (Wildman–Crippen MR) is 67.3 cm³/mol. The number of sulfonamides is 1. The van der Waals surface area contributed by atoms with Gasteiger partial charge in [-0.25, -0.2) is 22.3 Å². The first-order valence-corrected chi connectivity index (χ1v) is 7.16. The molecule has 1 rings (SSSR count). The standard InChI is InChI=1S/C11H14F2N2O4S/c1-2-19-9-4-3-7(20(14,17)18)5-8(9)11(16)15-6-10(12)13/h3-5,10H,2,6H2,1H3,(H,15,16)(H2,14,17,18). The molecular weight excluding hydrogens is 294 g/mol. The molecule has 0 spiro atoms. The molecule has 9 heteroatoms. The fraction of sp³-hybridized carbons (Fsp3) is 0.364. The van der Waals surface area contributed by atoms with E-state index >= 15 is 0 Å². The van der Waals surface area contributed by atoms with Crippen LogP contribution in [0.5, 0.6) is 5.75 Å². The predicted octanol–water partition coefficient (Wildman–Crippen LogP) is 0.728. The molecular formula is C11H14F2N2O4S. The normalized spacial score (nSPS) is 11.4. The number of halogens is 2. The van der Waals surface area contributed by atoms with Crippen LogP contribution in [-0.2, 0) is 10.0 Å². The van der Waals surface area contributed by atoms with E-state index in [9.17, 15) is 22.0 Å². The molecule has 1 amide bonds. The number of hydrogen-bond donors (Lipinski definition) is 2. The van der Waals surface area contributed by atoms with E-state index in [2.05, 4.69) is 0 Å². The van der Waals surface area contributed by atoms with Crippen LogP contribution < -0.4 is 15.2 Å². The van der Waals surface area contributed by atoms with Gasteiger partial charge in [-0.05, 0) is 25.1 Å². The number of carbonyl (C=O) groups is 1. The highest BCUT2D eigenvalue weighted by atomic mass is 32.2. The smallest absolute Gasteiger partial charge is 0.255 e. The maximum Gasteiger partial charge on any atom is 0.255 e. The van der Waals surface area contributed by atoms with Crippen molar-refractivity contribution in [2.45, 2.75) is 18.2 Å². The van der Waals surface area contributed by atoms with Gasteiger partial charge >= 0.3 is 0 Å². The zero-order valence-corrected chi connectivity index (χ0v) is 11.4. The Morgan fingerprint density at radius 3 is 2.60 bits per heavy atom. The molecule has 0 unspecified atom stereocenters. The molecule has 0 aliphatic rings. The van der Waals surface area contributed by atoms with E-state index in [1.165, 1.54) is 12.1 Å². The molecule has 0 atom stereocenters. The highest BCUT2D eigenvalue weighted by Gasteiger charge is 2.18. The molecule has 6 nitrogen and oxygen atoms in total. The SMILES string of the molecule is CCOc1ccc(S(N)(=O)=O)cc1C(=O)NCC(F)F. The molecule has 0 aliphatic heterocycles. The molecule has 0 saturated carbocycles. The van der Waals surface area contributed by atoms with Crippen molar-refractivity contribution in [3.63, 3.8) is 0 Å². The number of nitrogens with one attached hydrogen (secondary N) is 1. The van der Waals surface area contributed by atoms with Crippen LogP contribution in [-0.4, -0.2) is 33.9 Å². The third-order valence-electron chi connectivity index (χ3n) is 2.24. The molecule has 20 heavy (non-hydrogen) atoms. The second-order valence-electron chi connectivity index (χ2n) is 3.74. The second kappa shape index (κ2) is 6.62. The molecule has 0 radical (unpaired) electrons. The molecule has 0 aromatic heterocycles. The number of primary sulfonamides is 1. The van der Waals surface area contributed by atoms with Crippen molar-refractivity contribution < 1.29 is 26.7 Å². The van der Waals surface area contributed by atoms with Crippen LogP contribution in [0.1, 0.15) is 17.3 Å². The number of nitrogens with two attached hydrogens (primary N) is 1. The van der Waals surface area contributed by atoms with E-state index < -0.39 is 28.9 Å². The maximum atomic E-state index is 12.1. The first-order chi connectivity index (χ1) is 9.25. The van der Waals surface area contributed by atoms with Crippen molar-refractivity contribution in [1.29, 1.82) is 0 Å². The fourth-order valence-electron chi connectivity index (χ4n) is 1.41. The lowest BCUT2D eigenvalue weighted by Crippen LogP contribution is -2.29. The van der Waals surface area contributed by atoms with E-state index in [-0.39, 0.29) is 22.8 Å². The molecule has 0 saturated heterocycles. The van der Waals surface area contributed by atoms with Gasteiger partial charge in [0.05, 0.1) is 23.6 Å². The highest BCUT2D eigenvalue weighted by Crippen LogP contribution is 2.22. The Balaban J connectivity index is 3.15.